The Kier molecular flexibility index (Phi) is 3.77. The molecule has 1 aliphatic carbocycles. The summed E-state index contributed by atoms with van der Waals surface area (Å²) in [6.45, 7) is 11.2. The minimum absolute atomic E-state index is 0.152. The zero-order chi connectivity index (χ0) is 11.7. The molecule has 0 saturated heterocycles. The van der Waals surface area contributed by atoms with Gasteiger partial charge in [-0.2, -0.15) is 0 Å². The summed E-state index contributed by atoms with van der Waals surface area (Å²) in [6, 6.07) is 0. The Morgan fingerprint density at radius 3 is 2.33 bits per heavy atom. The molecule has 2 nitrogen and oxygen atoms in total. The van der Waals surface area contributed by atoms with Gasteiger partial charge in [0.25, 0.3) is 0 Å². The molecule has 0 amide bonds. The summed E-state index contributed by atoms with van der Waals surface area (Å²) in [5, 5.41) is 0.239. The highest BCUT2D eigenvalue weighted by Crippen LogP contribution is 2.40. The fourth-order valence-corrected chi connectivity index (χ4v) is 3.21. The van der Waals surface area contributed by atoms with Crippen molar-refractivity contribution in [2.24, 2.45) is 5.92 Å². The lowest BCUT2D eigenvalue weighted by Gasteiger charge is -2.39. The van der Waals surface area contributed by atoms with E-state index in [1.165, 1.54) is 0 Å². The number of carbonyl (C=O) groups excluding carboxylic acids is 1. The van der Waals surface area contributed by atoms with Crippen molar-refractivity contribution in [1.82, 2.24) is 0 Å². The van der Waals surface area contributed by atoms with Gasteiger partial charge in [-0.05, 0) is 31.0 Å². The molecule has 88 valence electrons. The molecule has 0 unspecified atom stereocenters. The average Bonchev–Trinajstić information content (AvgIpc) is 2.48. The highest BCUT2D eigenvalue weighted by atomic mass is 28.4. The summed E-state index contributed by atoms with van der Waals surface area (Å²) in [7, 11) is -1.69. The molecule has 1 rings (SSSR count). The summed E-state index contributed by atoms with van der Waals surface area (Å²) in [4.78, 5) is 10.9. The van der Waals surface area contributed by atoms with E-state index in [0.717, 1.165) is 25.5 Å². The highest BCUT2D eigenvalue weighted by Gasteiger charge is 2.41. The molecule has 0 spiro atoms. The Bertz CT molecular complexity index is 230. The third-order valence-corrected chi connectivity index (χ3v) is 8.44. The molecule has 2 atom stereocenters. The van der Waals surface area contributed by atoms with Crippen LogP contribution in [0.5, 0.6) is 0 Å². The third-order valence-electron chi connectivity index (χ3n) is 3.93. The van der Waals surface area contributed by atoms with E-state index < -0.39 is 8.32 Å². The summed E-state index contributed by atoms with van der Waals surface area (Å²) in [5.74, 6) is 0.152. The lowest BCUT2D eigenvalue weighted by Crippen LogP contribution is -2.44. The molecule has 1 aliphatic rings. The Balaban J connectivity index is 2.64. The minimum atomic E-state index is -1.69. The van der Waals surface area contributed by atoms with Crippen LogP contribution in [0.25, 0.3) is 0 Å². The standard InChI is InChI=1S/C12H24O2Si/c1-12(2,3)15(4,5)14-11-8-6-7-10(11)9-13/h9-11H,6-8H2,1-5H3/t10-,11-/m1/s1. The van der Waals surface area contributed by atoms with Crippen LogP contribution in [-0.4, -0.2) is 20.7 Å². The summed E-state index contributed by atoms with van der Waals surface area (Å²) < 4.78 is 6.27. The van der Waals surface area contributed by atoms with Gasteiger partial charge in [0.2, 0.25) is 0 Å². The maximum Gasteiger partial charge on any atom is 0.192 e. The highest BCUT2D eigenvalue weighted by molar-refractivity contribution is 6.74. The van der Waals surface area contributed by atoms with Crippen LogP contribution >= 0.6 is 0 Å². The molecule has 0 N–H and O–H groups in total. The van der Waals surface area contributed by atoms with Crippen molar-refractivity contribution >= 4 is 14.6 Å². The van der Waals surface area contributed by atoms with Gasteiger partial charge < -0.3 is 9.22 Å². The van der Waals surface area contributed by atoms with E-state index >= 15 is 0 Å². The first-order chi connectivity index (χ1) is 6.78. The second kappa shape index (κ2) is 4.38. The first kappa shape index (κ1) is 12.9. The molecule has 15 heavy (non-hydrogen) atoms. The van der Waals surface area contributed by atoms with E-state index in [-0.39, 0.29) is 17.1 Å². The SMILES string of the molecule is CC(C)(C)[Si](C)(C)O[C@@H]1CCC[C@@H]1C=O. The number of aldehydes is 1. The van der Waals surface area contributed by atoms with Crippen molar-refractivity contribution in [2.45, 2.75) is 64.3 Å². The van der Waals surface area contributed by atoms with Crippen molar-refractivity contribution < 1.29 is 9.22 Å². The second-order valence-corrected chi connectivity index (χ2v) is 10.9. The molecule has 0 aromatic heterocycles. The summed E-state index contributed by atoms with van der Waals surface area (Å²) >= 11 is 0. The van der Waals surface area contributed by atoms with Crippen molar-refractivity contribution in [2.75, 3.05) is 0 Å². The fraction of sp³-hybridized carbons (Fsp3) is 0.917. The molecule has 0 aromatic carbocycles. The van der Waals surface area contributed by atoms with Gasteiger partial charge in [-0.1, -0.05) is 27.2 Å². The van der Waals surface area contributed by atoms with E-state index in [9.17, 15) is 4.79 Å². The zero-order valence-corrected chi connectivity index (χ0v) is 11.7. The number of hydrogen-bond acceptors (Lipinski definition) is 2. The van der Waals surface area contributed by atoms with E-state index in [4.69, 9.17) is 4.43 Å². The Labute approximate surface area is 94.5 Å². The predicted molar refractivity (Wildman–Crippen MR) is 65.5 cm³/mol. The number of rotatable bonds is 3. The molecule has 0 bridgehead atoms. The third kappa shape index (κ3) is 2.91. The first-order valence-corrected chi connectivity index (χ1v) is 8.82. The lowest BCUT2D eigenvalue weighted by molar-refractivity contribution is -0.113. The summed E-state index contributed by atoms with van der Waals surface area (Å²) in [5.41, 5.74) is 0. The monoisotopic (exact) mass is 228 g/mol. The van der Waals surface area contributed by atoms with Crippen LogP contribution < -0.4 is 0 Å². The molecule has 0 aliphatic heterocycles. The van der Waals surface area contributed by atoms with Crippen LogP contribution in [0.1, 0.15) is 40.0 Å². The Morgan fingerprint density at radius 2 is 1.87 bits per heavy atom. The van der Waals surface area contributed by atoms with Gasteiger partial charge in [-0.25, -0.2) is 0 Å². The van der Waals surface area contributed by atoms with Crippen LogP contribution in [0.3, 0.4) is 0 Å². The van der Waals surface area contributed by atoms with Gasteiger partial charge in [0.15, 0.2) is 8.32 Å². The van der Waals surface area contributed by atoms with Gasteiger partial charge in [0.1, 0.15) is 6.29 Å². The Morgan fingerprint density at radius 1 is 1.27 bits per heavy atom. The predicted octanol–water partition coefficient (Wildman–Crippen LogP) is 3.38. The molecule has 0 aromatic rings. The topological polar surface area (TPSA) is 26.3 Å². The van der Waals surface area contributed by atoms with E-state index in [1.54, 1.807) is 0 Å². The molecule has 3 heteroatoms. The van der Waals surface area contributed by atoms with Crippen molar-refractivity contribution in [3.63, 3.8) is 0 Å². The van der Waals surface area contributed by atoms with Crippen LogP contribution in [-0.2, 0) is 9.22 Å². The summed E-state index contributed by atoms with van der Waals surface area (Å²) in [6.07, 6.45) is 4.51. The van der Waals surface area contributed by atoms with Crippen LogP contribution in [0.4, 0.5) is 0 Å². The number of carbonyl (C=O) groups is 1. The smallest absolute Gasteiger partial charge is 0.192 e. The average molecular weight is 228 g/mol. The van der Waals surface area contributed by atoms with Gasteiger partial charge in [-0.15, -0.1) is 0 Å². The normalized spacial score (nSPS) is 28.1. The van der Waals surface area contributed by atoms with Crippen molar-refractivity contribution in [3.05, 3.63) is 0 Å². The maximum atomic E-state index is 10.9. The van der Waals surface area contributed by atoms with Crippen molar-refractivity contribution in [1.29, 1.82) is 0 Å². The molecule has 1 fully saturated rings. The van der Waals surface area contributed by atoms with E-state index in [1.807, 2.05) is 0 Å². The lowest BCUT2D eigenvalue weighted by atomic mass is 10.1. The van der Waals surface area contributed by atoms with E-state index in [0.29, 0.717) is 0 Å². The molecular formula is C12H24O2Si. The number of hydrogen-bond donors (Lipinski definition) is 0. The van der Waals surface area contributed by atoms with Gasteiger partial charge in [0, 0.05) is 5.92 Å². The zero-order valence-electron chi connectivity index (χ0n) is 10.7. The minimum Gasteiger partial charge on any atom is -0.413 e. The molecule has 1 saturated carbocycles. The van der Waals surface area contributed by atoms with Gasteiger partial charge in [-0.3, -0.25) is 0 Å². The van der Waals surface area contributed by atoms with Crippen LogP contribution in [0.15, 0.2) is 0 Å². The van der Waals surface area contributed by atoms with Crippen molar-refractivity contribution in [3.8, 4) is 0 Å². The molecular weight excluding hydrogens is 204 g/mol. The maximum absolute atomic E-state index is 10.9. The van der Waals surface area contributed by atoms with Gasteiger partial charge >= 0.3 is 0 Å². The quantitative estimate of drug-likeness (QED) is 0.547. The van der Waals surface area contributed by atoms with E-state index in [2.05, 4.69) is 33.9 Å². The largest absolute Gasteiger partial charge is 0.413 e. The van der Waals surface area contributed by atoms with Crippen LogP contribution in [0.2, 0.25) is 18.1 Å². The first-order valence-electron chi connectivity index (χ1n) is 5.91. The Hall–Kier alpha value is -0.153. The molecule has 0 radical (unpaired) electrons. The second-order valence-electron chi connectivity index (χ2n) is 6.15. The van der Waals surface area contributed by atoms with Crippen LogP contribution in [0, 0.1) is 5.92 Å². The molecule has 0 heterocycles. The fourth-order valence-electron chi connectivity index (χ4n) is 1.81. The van der Waals surface area contributed by atoms with Gasteiger partial charge in [0.05, 0.1) is 6.10 Å².